The van der Waals surface area contributed by atoms with Gasteiger partial charge in [-0.25, -0.2) is 4.39 Å². The fourth-order valence-electron chi connectivity index (χ4n) is 2.66. The number of hydrogen-bond donors (Lipinski definition) is 1. The first kappa shape index (κ1) is 14.5. The van der Waals surface area contributed by atoms with Crippen LogP contribution in [0, 0.1) is 12.7 Å². The molecule has 2 nitrogen and oxygen atoms in total. The third-order valence-corrected chi connectivity index (χ3v) is 3.69. The summed E-state index contributed by atoms with van der Waals surface area (Å²) in [6.07, 6.45) is 4.41. The second-order valence-corrected chi connectivity index (χ2v) is 5.40. The Kier molecular flexibility index (Phi) is 5.34. The predicted octanol–water partition coefficient (Wildman–Crippen LogP) is 3.74. The molecule has 1 aliphatic rings. The minimum Gasteiger partial charge on any atom is -0.378 e. The zero-order chi connectivity index (χ0) is 13.7. The van der Waals surface area contributed by atoms with Crippen molar-refractivity contribution in [1.82, 2.24) is 5.32 Å². The smallest absolute Gasteiger partial charge is 0.127 e. The number of halogens is 1. The molecular weight excluding hydrogens is 241 g/mol. The van der Waals surface area contributed by atoms with Crippen LogP contribution in [-0.4, -0.2) is 19.3 Å². The molecule has 2 rings (SSSR count). The summed E-state index contributed by atoms with van der Waals surface area (Å²) in [4.78, 5) is 0. The van der Waals surface area contributed by atoms with E-state index in [9.17, 15) is 4.39 Å². The van der Waals surface area contributed by atoms with Gasteiger partial charge in [-0.2, -0.15) is 0 Å². The van der Waals surface area contributed by atoms with Crippen LogP contribution in [0.5, 0.6) is 0 Å². The highest BCUT2D eigenvalue weighted by Crippen LogP contribution is 2.27. The molecule has 0 saturated carbocycles. The molecule has 1 heterocycles. The molecule has 1 aromatic carbocycles. The highest BCUT2D eigenvalue weighted by atomic mass is 19.1. The number of aryl methyl sites for hydroxylation is 1. The van der Waals surface area contributed by atoms with Gasteiger partial charge in [0, 0.05) is 18.2 Å². The van der Waals surface area contributed by atoms with Crippen LogP contribution in [0.1, 0.15) is 49.8 Å². The third-order valence-electron chi connectivity index (χ3n) is 3.69. The Morgan fingerprint density at radius 1 is 1.47 bits per heavy atom. The number of hydrogen-bond acceptors (Lipinski definition) is 2. The minimum atomic E-state index is -0.114. The molecule has 1 saturated heterocycles. The summed E-state index contributed by atoms with van der Waals surface area (Å²) in [7, 11) is 0. The normalized spacial score (nSPS) is 20.7. The molecule has 106 valence electrons. The molecule has 0 spiro atoms. The Balaban J connectivity index is 2.12. The Morgan fingerprint density at radius 2 is 2.32 bits per heavy atom. The van der Waals surface area contributed by atoms with E-state index in [1.54, 1.807) is 6.07 Å². The van der Waals surface area contributed by atoms with Gasteiger partial charge in [0.15, 0.2) is 0 Å². The van der Waals surface area contributed by atoms with Crippen molar-refractivity contribution in [1.29, 1.82) is 0 Å². The second-order valence-electron chi connectivity index (χ2n) is 5.40. The molecule has 1 aromatic rings. The Labute approximate surface area is 115 Å². The topological polar surface area (TPSA) is 21.3 Å². The van der Waals surface area contributed by atoms with Crippen molar-refractivity contribution in [2.75, 3.05) is 13.2 Å². The van der Waals surface area contributed by atoms with Crippen LogP contribution in [0.4, 0.5) is 4.39 Å². The summed E-state index contributed by atoms with van der Waals surface area (Å²) in [6, 6.07) is 5.41. The second kappa shape index (κ2) is 7.01. The van der Waals surface area contributed by atoms with Gasteiger partial charge in [-0.15, -0.1) is 0 Å². The lowest BCUT2D eigenvalue weighted by Crippen LogP contribution is -2.27. The first-order valence-corrected chi connectivity index (χ1v) is 7.31. The van der Waals surface area contributed by atoms with Crippen molar-refractivity contribution < 1.29 is 9.13 Å². The van der Waals surface area contributed by atoms with Crippen molar-refractivity contribution in [3.8, 4) is 0 Å². The zero-order valence-corrected chi connectivity index (χ0v) is 11.9. The lowest BCUT2D eigenvalue weighted by Gasteiger charge is -2.23. The van der Waals surface area contributed by atoms with Gasteiger partial charge in [0.2, 0.25) is 0 Å². The van der Waals surface area contributed by atoms with Crippen molar-refractivity contribution >= 4 is 0 Å². The lowest BCUT2D eigenvalue weighted by atomic mass is 9.97. The summed E-state index contributed by atoms with van der Waals surface area (Å²) in [6.45, 7) is 5.89. The van der Waals surface area contributed by atoms with Gasteiger partial charge in [-0.1, -0.05) is 24.6 Å². The molecule has 0 radical (unpaired) electrons. The minimum absolute atomic E-state index is 0.0583. The molecule has 1 fully saturated rings. The van der Waals surface area contributed by atoms with Crippen LogP contribution in [0.2, 0.25) is 0 Å². The van der Waals surface area contributed by atoms with Gasteiger partial charge in [0.1, 0.15) is 5.82 Å². The summed E-state index contributed by atoms with van der Waals surface area (Å²) in [5, 5.41) is 3.46. The van der Waals surface area contributed by atoms with Gasteiger partial charge < -0.3 is 10.1 Å². The fourth-order valence-corrected chi connectivity index (χ4v) is 2.66. The van der Waals surface area contributed by atoms with Gasteiger partial charge in [-0.3, -0.25) is 0 Å². The molecule has 0 amide bonds. The zero-order valence-electron chi connectivity index (χ0n) is 11.9. The lowest BCUT2D eigenvalue weighted by molar-refractivity contribution is 0.0942. The van der Waals surface area contributed by atoms with Gasteiger partial charge in [-0.05, 0) is 45.2 Å². The highest BCUT2D eigenvalue weighted by molar-refractivity contribution is 5.27. The number of benzene rings is 1. The Hall–Kier alpha value is -0.930. The SMILES string of the molecule is CCCNC(CC1CCCO1)c1cc(C)ccc1F. The Bertz CT molecular complexity index is 402. The number of ether oxygens (including phenoxy) is 1. The van der Waals surface area contributed by atoms with Gasteiger partial charge in [0.25, 0.3) is 0 Å². The molecule has 0 bridgehead atoms. The molecule has 2 unspecified atom stereocenters. The van der Waals surface area contributed by atoms with Crippen molar-refractivity contribution in [3.63, 3.8) is 0 Å². The van der Waals surface area contributed by atoms with Crippen molar-refractivity contribution in [2.45, 2.75) is 51.7 Å². The maximum Gasteiger partial charge on any atom is 0.127 e. The number of nitrogens with one attached hydrogen (secondary N) is 1. The quantitative estimate of drug-likeness (QED) is 0.846. The molecule has 1 N–H and O–H groups in total. The Morgan fingerprint density at radius 3 is 3.00 bits per heavy atom. The first-order valence-electron chi connectivity index (χ1n) is 7.31. The van der Waals surface area contributed by atoms with E-state index >= 15 is 0 Å². The summed E-state index contributed by atoms with van der Waals surface area (Å²) >= 11 is 0. The average molecular weight is 265 g/mol. The van der Waals surface area contributed by atoms with E-state index in [4.69, 9.17) is 4.74 Å². The first-order chi connectivity index (χ1) is 9.20. The molecule has 19 heavy (non-hydrogen) atoms. The van der Waals surface area contributed by atoms with Crippen LogP contribution < -0.4 is 5.32 Å². The van der Waals surface area contributed by atoms with Crippen LogP contribution in [0.25, 0.3) is 0 Å². The summed E-state index contributed by atoms with van der Waals surface area (Å²) in [5.74, 6) is -0.114. The van der Waals surface area contributed by atoms with Crippen molar-refractivity contribution in [2.24, 2.45) is 0 Å². The van der Waals surface area contributed by atoms with Crippen LogP contribution in [0.15, 0.2) is 18.2 Å². The van der Waals surface area contributed by atoms with E-state index in [-0.39, 0.29) is 18.0 Å². The van der Waals surface area contributed by atoms with E-state index in [0.29, 0.717) is 0 Å². The molecular formula is C16H24FNO. The standard InChI is InChI=1S/C16H24FNO/c1-3-8-18-16(11-13-5-4-9-19-13)14-10-12(2)6-7-15(14)17/h6-7,10,13,16,18H,3-5,8-9,11H2,1-2H3. The van der Waals surface area contributed by atoms with E-state index in [1.165, 1.54) is 0 Å². The van der Waals surface area contributed by atoms with Gasteiger partial charge in [0.05, 0.1) is 6.10 Å². The maximum absolute atomic E-state index is 14.0. The fraction of sp³-hybridized carbons (Fsp3) is 0.625. The van der Waals surface area contributed by atoms with E-state index in [0.717, 1.165) is 50.0 Å². The van der Waals surface area contributed by atoms with E-state index in [2.05, 4.69) is 12.2 Å². The van der Waals surface area contributed by atoms with Gasteiger partial charge >= 0.3 is 0 Å². The van der Waals surface area contributed by atoms with Crippen molar-refractivity contribution in [3.05, 3.63) is 35.1 Å². The molecule has 1 aliphatic heterocycles. The average Bonchev–Trinajstić information content (AvgIpc) is 2.90. The molecule has 0 aromatic heterocycles. The summed E-state index contributed by atoms with van der Waals surface area (Å²) in [5.41, 5.74) is 1.89. The highest BCUT2D eigenvalue weighted by Gasteiger charge is 2.23. The maximum atomic E-state index is 14.0. The third kappa shape index (κ3) is 4.02. The van der Waals surface area contributed by atoms with Crippen LogP contribution in [-0.2, 0) is 4.74 Å². The monoisotopic (exact) mass is 265 g/mol. The van der Waals surface area contributed by atoms with Crippen LogP contribution >= 0.6 is 0 Å². The number of rotatable bonds is 6. The van der Waals surface area contributed by atoms with E-state index in [1.807, 2.05) is 19.1 Å². The summed E-state index contributed by atoms with van der Waals surface area (Å²) < 4.78 is 19.7. The van der Waals surface area contributed by atoms with E-state index < -0.39 is 0 Å². The largest absolute Gasteiger partial charge is 0.378 e. The molecule has 2 atom stereocenters. The van der Waals surface area contributed by atoms with Crippen LogP contribution in [0.3, 0.4) is 0 Å². The predicted molar refractivity (Wildman–Crippen MR) is 75.8 cm³/mol. The molecule has 0 aliphatic carbocycles. The molecule has 3 heteroatoms.